The molecule has 7 nitrogen and oxygen atoms in total. The third-order valence-corrected chi connectivity index (χ3v) is 6.77. The Morgan fingerprint density at radius 2 is 2.18 bits per heavy atom. The van der Waals surface area contributed by atoms with E-state index in [1.54, 1.807) is 30.3 Å². The highest BCUT2D eigenvalue weighted by Crippen LogP contribution is 2.23. The third kappa shape index (κ3) is 5.91. The van der Waals surface area contributed by atoms with Crippen LogP contribution in [0.25, 0.3) is 0 Å². The van der Waals surface area contributed by atoms with Crippen LogP contribution in [0.2, 0.25) is 0 Å². The summed E-state index contributed by atoms with van der Waals surface area (Å²) < 4.78 is 35.5. The number of sulfone groups is 1. The number of hydrogen-bond donors (Lipinski definition) is 1. The molecule has 2 aromatic rings. The zero-order chi connectivity index (χ0) is 20.1. The second-order valence-electron chi connectivity index (χ2n) is 6.85. The standard InChI is InChI=1S/C19H22BrNO6S/c20-19-5-4-18(27-19)10-21(15-6-7-28(24,25)13-15)9-16(23)12-26-17-3-1-2-14(8-17)11-22/h1-5,8,11,15-16,23H,6-7,9-10,12-13H2. The van der Waals surface area contributed by atoms with E-state index in [2.05, 4.69) is 15.9 Å². The summed E-state index contributed by atoms with van der Waals surface area (Å²) in [6.07, 6.45) is 0.424. The van der Waals surface area contributed by atoms with Crippen LogP contribution in [0.1, 0.15) is 22.5 Å². The van der Waals surface area contributed by atoms with Gasteiger partial charge in [-0.2, -0.15) is 0 Å². The second kappa shape index (κ2) is 9.21. The number of rotatable bonds is 9. The van der Waals surface area contributed by atoms with Crippen molar-refractivity contribution in [3.8, 4) is 5.75 Å². The average Bonchev–Trinajstić information content (AvgIpc) is 3.24. The highest BCUT2D eigenvalue weighted by atomic mass is 79.9. The number of hydrogen-bond acceptors (Lipinski definition) is 7. The van der Waals surface area contributed by atoms with Crippen LogP contribution >= 0.6 is 15.9 Å². The zero-order valence-electron chi connectivity index (χ0n) is 15.2. The first-order valence-electron chi connectivity index (χ1n) is 8.89. The van der Waals surface area contributed by atoms with E-state index >= 15 is 0 Å². The van der Waals surface area contributed by atoms with E-state index in [9.17, 15) is 18.3 Å². The lowest BCUT2D eigenvalue weighted by Crippen LogP contribution is -2.42. The van der Waals surface area contributed by atoms with Crippen LogP contribution in [0.5, 0.6) is 5.75 Å². The SMILES string of the molecule is O=Cc1cccc(OCC(O)CN(Cc2ccc(Br)o2)C2CCS(=O)(=O)C2)c1. The quantitative estimate of drug-likeness (QED) is 0.560. The van der Waals surface area contributed by atoms with Gasteiger partial charge in [0.15, 0.2) is 14.5 Å². The van der Waals surface area contributed by atoms with Gasteiger partial charge in [-0.1, -0.05) is 12.1 Å². The van der Waals surface area contributed by atoms with E-state index in [0.29, 0.717) is 34.7 Å². The first-order chi connectivity index (χ1) is 13.3. The number of halogens is 1. The Morgan fingerprint density at radius 3 is 2.82 bits per heavy atom. The molecule has 0 spiro atoms. The van der Waals surface area contributed by atoms with Gasteiger partial charge in [0.2, 0.25) is 0 Å². The van der Waals surface area contributed by atoms with Crippen LogP contribution in [-0.4, -0.2) is 61.5 Å². The molecule has 2 unspecified atom stereocenters. The van der Waals surface area contributed by atoms with Gasteiger partial charge in [0.25, 0.3) is 0 Å². The summed E-state index contributed by atoms with van der Waals surface area (Å²) in [7, 11) is -3.05. The maximum atomic E-state index is 11.9. The third-order valence-electron chi connectivity index (χ3n) is 4.59. The summed E-state index contributed by atoms with van der Waals surface area (Å²) >= 11 is 3.26. The molecule has 1 fully saturated rings. The van der Waals surface area contributed by atoms with E-state index in [1.807, 2.05) is 11.0 Å². The molecule has 1 aromatic carbocycles. The first-order valence-corrected chi connectivity index (χ1v) is 11.5. The van der Waals surface area contributed by atoms with Gasteiger partial charge < -0.3 is 14.3 Å². The summed E-state index contributed by atoms with van der Waals surface area (Å²) in [6, 6.07) is 10.1. The normalized spacial score (nSPS) is 19.6. The topological polar surface area (TPSA) is 97.1 Å². The number of benzene rings is 1. The molecule has 1 aliphatic heterocycles. The van der Waals surface area contributed by atoms with Crippen LogP contribution in [0, 0.1) is 0 Å². The average molecular weight is 472 g/mol. The minimum atomic E-state index is -3.05. The Bertz CT molecular complexity index is 913. The summed E-state index contributed by atoms with van der Waals surface area (Å²) in [5, 5.41) is 10.5. The molecular formula is C19H22BrNO6S. The lowest BCUT2D eigenvalue weighted by Gasteiger charge is -2.29. The molecule has 0 radical (unpaired) electrons. The van der Waals surface area contributed by atoms with Gasteiger partial charge in [-0.05, 0) is 46.6 Å². The van der Waals surface area contributed by atoms with Gasteiger partial charge in [-0.25, -0.2) is 8.42 Å². The number of carbonyl (C=O) groups excluding carboxylic acids is 1. The molecule has 2 atom stereocenters. The number of aldehydes is 1. The van der Waals surface area contributed by atoms with Crippen molar-refractivity contribution in [3.63, 3.8) is 0 Å². The van der Waals surface area contributed by atoms with Gasteiger partial charge in [-0.15, -0.1) is 0 Å². The van der Waals surface area contributed by atoms with Crippen molar-refractivity contribution in [2.24, 2.45) is 0 Å². The minimum Gasteiger partial charge on any atom is -0.491 e. The van der Waals surface area contributed by atoms with Crippen molar-refractivity contribution in [1.82, 2.24) is 4.90 Å². The largest absolute Gasteiger partial charge is 0.491 e. The van der Waals surface area contributed by atoms with Crippen molar-refractivity contribution in [2.45, 2.75) is 25.1 Å². The minimum absolute atomic E-state index is 0.0279. The number of furan rings is 1. The van der Waals surface area contributed by atoms with E-state index < -0.39 is 15.9 Å². The van der Waals surface area contributed by atoms with Crippen molar-refractivity contribution < 1.29 is 27.5 Å². The molecule has 0 saturated carbocycles. The van der Waals surface area contributed by atoms with Crippen molar-refractivity contribution in [2.75, 3.05) is 24.7 Å². The van der Waals surface area contributed by atoms with Gasteiger partial charge >= 0.3 is 0 Å². The molecular weight excluding hydrogens is 450 g/mol. The second-order valence-corrected chi connectivity index (χ2v) is 9.86. The lowest BCUT2D eigenvalue weighted by atomic mass is 10.2. The van der Waals surface area contributed by atoms with Gasteiger partial charge in [0, 0.05) is 18.2 Å². The molecule has 0 bridgehead atoms. The van der Waals surface area contributed by atoms with E-state index in [0.717, 1.165) is 6.29 Å². The summed E-state index contributed by atoms with van der Waals surface area (Å²) in [4.78, 5) is 12.8. The molecule has 28 heavy (non-hydrogen) atoms. The maximum absolute atomic E-state index is 11.9. The molecule has 152 valence electrons. The summed E-state index contributed by atoms with van der Waals surface area (Å²) in [6.45, 7) is 0.662. The number of nitrogens with zero attached hydrogens (tertiary/aromatic N) is 1. The zero-order valence-corrected chi connectivity index (χ0v) is 17.6. The van der Waals surface area contributed by atoms with Crippen LogP contribution in [0.3, 0.4) is 0 Å². The van der Waals surface area contributed by atoms with Crippen LogP contribution in [0.15, 0.2) is 45.5 Å². The Labute approximate surface area is 172 Å². The first kappa shape index (κ1) is 21.0. The highest BCUT2D eigenvalue weighted by molar-refractivity contribution is 9.10. The van der Waals surface area contributed by atoms with E-state index in [-0.39, 0.29) is 30.7 Å². The molecule has 0 amide bonds. The lowest BCUT2D eigenvalue weighted by molar-refractivity contribution is 0.0496. The molecule has 1 aliphatic rings. The van der Waals surface area contributed by atoms with Crippen LogP contribution in [0.4, 0.5) is 0 Å². The summed E-state index contributed by atoms with van der Waals surface area (Å²) in [5.74, 6) is 1.40. The van der Waals surface area contributed by atoms with E-state index in [4.69, 9.17) is 9.15 Å². The molecule has 0 aliphatic carbocycles. The molecule has 3 rings (SSSR count). The number of aliphatic hydroxyl groups is 1. The van der Waals surface area contributed by atoms with Gasteiger partial charge in [0.05, 0.1) is 18.1 Å². The fourth-order valence-corrected chi connectivity index (χ4v) is 5.34. The molecule has 2 heterocycles. The number of ether oxygens (including phenoxy) is 1. The van der Waals surface area contributed by atoms with Crippen molar-refractivity contribution in [3.05, 3.63) is 52.4 Å². The Hall–Kier alpha value is -1.68. The van der Waals surface area contributed by atoms with Gasteiger partial charge in [0.1, 0.15) is 30.5 Å². The Balaban J connectivity index is 1.63. The monoisotopic (exact) mass is 471 g/mol. The smallest absolute Gasteiger partial charge is 0.169 e. The highest BCUT2D eigenvalue weighted by Gasteiger charge is 2.33. The molecule has 1 aromatic heterocycles. The van der Waals surface area contributed by atoms with Crippen LogP contribution in [-0.2, 0) is 16.4 Å². The fraction of sp³-hybridized carbons (Fsp3) is 0.421. The predicted octanol–water partition coefficient (Wildman–Crippen LogP) is 2.28. The molecule has 9 heteroatoms. The fourth-order valence-electron chi connectivity index (χ4n) is 3.24. The number of aliphatic hydroxyl groups excluding tert-OH is 1. The Kier molecular flexibility index (Phi) is 6.92. The van der Waals surface area contributed by atoms with Crippen molar-refractivity contribution >= 4 is 32.1 Å². The maximum Gasteiger partial charge on any atom is 0.169 e. The molecule has 1 saturated heterocycles. The number of carbonyl (C=O) groups is 1. The van der Waals surface area contributed by atoms with E-state index in [1.165, 1.54) is 0 Å². The molecule has 1 N–H and O–H groups in total. The summed E-state index contributed by atoms with van der Waals surface area (Å²) in [5.41, 5.74) is 0.494. The Morgan fingerprint density at radius 1 is 1.36 bits per heavy atom. The van der Waals surface area contributed by atoms with Crippen LogP contribution < -0.4 is 4.74 Å². The van der Waals surface area contributed by atoms with Gasteiger partial charge in [-0.3, -0.25) is 9.69 Å². The van der Waals surface area contributed by atoms with Crippen molar-refractivity contribution in [1.29, 1.82) is 0 Å². The predicted molar refractivity (Wildman–Crippen MR) is 107 cm³/mol.